The van der Waals surface area contributed by atoms with Crippen molar-refractivity contribution in [1.82, 2.24) is 10.6 Å². The lowest BCUT2D eigenvalue weighted by atomic mass is 10.00. The number of nitrogens with two attached hydrogens (primary N) is 2. The molecule has 0 saturated heterocycles. The lowest BCUT2D eigenvalue weighted by Crippen LogP contribution is -2.53. The van der Waals surface area contributed by atoms with Gasteiger partial charge in [0.1, 0.15) is 6.04 Å². The zero-order chi connectivity index (χ0) is 17.1. The molecule has 0 fully saturated rings. The smallest absolute Gasteiger partial charge is 0.242 e. The minimum Gasteiger partial charge on any atom is -0.344 e. The fraction of sp³-hybridized carbons (Fsp3) is 0.800. The predicted molar refractivity (Wildman–Crippen MR) is 85.6 cm³/mol. The molecule has 127 valence electrons. The second-order valence-electron chi connectivity index (χ2n) is 5.61. The summed E-state index contributed by atoms with van der Waals surface area (Å²) in [5.74, 6) is -0.811. The van der Waals surface area contributed by atoms with Crippen LogP contribution in [0, 0.1) is 5.92 Å². The first-order chi connectivity index (χ1) is 10.4. The molecule has 0 aliphatic heterocycles. The average molecular weight is 313 g/mol. The van der Waals surface area contributed by atoms with Crippen LogP contribution in [0.4, 0.5) is 0 Å². The number of hydrogen-bond donors (Lipinski definition) is 4. The number of unbranched alkanes of at least 4 members (excludes halogenated alkanes) is 1. The molecule has 0 rings (SSSR count). The van der Waals surface area contributed by atoms with Crippen molar-refractivity contribution in [3.05, 3.63) is 0 Å². The first kappa shape index (κ1) is 20.5. The molecule has 0 aliphatic carbocycles. The summed E-state index contributed by atoms with van der Waals surface area (Å²) in [5, 5.41) is 5.13. The number of amides is 2. The standard InChI is InChI=1S/C15H29N4O3/c1-4-10(2)13(9-20)19-14(21)11(3)18-15(22)12(17)7-5-6-8-16/h10-13H,4-8,16-17H2,1-3H3,(H,18,22)(H,19,21). The molecule has 0 heterocycles. The Labute approximate surface area is 132 Å². The molecule has 0 spiro atoms. The van der Waals surface area contributed by atoms with Crippen LogP contribution < -0.4 is 22.1 Å². The van der Waals surface area contributed by atoms with Gasteiger partial charge in [-0.1, -0.05) is 26.7 Å². The van der Waals surface area contributed by atoms with Gasteiger partial charge in [-0.3, -0.25) is 14.4 Å². The number of hydrogen-bond acceptors (Lipinski definition) is 5. The van der Waals surface area contributed by atoms with Crippen molar-refractivity contribution < 1.29 is 14.4 Å². The van der Waals surface area contributed by atoms with E-state index in [0.29, 0.717) is 13.0 Å². The lowest BCUT2D eigenvalue weighted by Gasteiger charge is -2.22. The first-order valence-corrected chi connectivity index (χ1v) is 7.81. The van der Waals surface area contributed by atoms with Gasteiger partial charge in [0.05, 0.1) is 12.1 Å². The summed E-state index contributed by atoms with van der Waals surface area (Å²) < 4.78 is 0. The highest BCUT2D eigenvalue weighted by Gasteiger charge is 2.24. The van der Waals surface area contributed by atoms with Gasteiger partial charge in [-0.05, 0) is 32.2 Å². The van der Waals surface area contributed by atoms with E-state index in [0.717, 1.165) is 19.3 Å². The summed E-state index contributed by atoms with van der Waals surface area (Å²) in [6.45, 7) is 5.89. The second kappa shape index (κ2) is 11.1. The van der Waals surface area contributed by atoms with E-state index in [4.69, 9.17) is 11.5 Å². The molecule has 6 N–H and O–H groups in total. The summed E-state index contributed by atoms with van der Waals surface area (Å²) in [5.41, 5.74) is 11.1. The molecule has 0 aliphatic rings. The topological polar surface area (TPSA) is 127 Å². The second-order valence-corrected chi connectivity index (χ2v) is 5.61. The van der Waals surface area contributed by atoms with Crippen LogP contribution in [0.1, 0.15) is 46.5 Å². The van der Waals surface area contributed by atoms with E-state index in [2.05, 4.69) is 10.6 Å². The molecular weight excluding hydrogens is 284 g/mol. The largest absolute Gasteiger partial charge is 0.344 e. The van der Waals surface area contributed by atoms with Gasteiger partial charge in [0.25, 0.3) is 0 Å². The summed E-state index contributed by atoms with van der Waals surface area (Å²) in [4.78, 5) is 34.7. The summed E-state index contributed by atoms with van der Waals surface area (Å²) in [6.07, 6.45) is 4.66. The number of nitrogens with one attached hydrogen (secondary N) is 2. The fourth-order valence-electron chi connectivity index (χ4n) is 1.83. The van der Waals surface area contributed by atoms with Gasteiger partial charge in [0.2, 0.25) is 18.1 Å². The van der Waals surface area contributed by atoms with Crippen LogP contribution in [-0.2, 0) is 14.4 Å². The van der Waals surface area contributed by atoms with Crippen LogP contribution in [0.5, 0.6) is 0 Å². The molecule has 4 atom stereocenters. The minimum absolute atomic E-state index is 0.0112. The molecule has 7 heteroatoms. The van der Waals surface area contributed by atoms with E-state index in [-0.39, 0.29) is 11.8 Å². The maximum Gasteiger partial charge on any atom is 0.242 e. The van der Waals surface area contributed by atoms with Crippen LogP contribution in [0.25, 0.3) is 0 Å². The monoisotopic (exact) mass is 313 g/mol. The molecular formula is C15H29N4O3. The normalized spacial score (nSPS) is 16.2. The van der Waals surface area contributed by atoms with Gasteiger partial charge >= 0.3 is 0 Å². The Morgan fingerprint density at radius 3 is 2.27 bits per heavy atom. The van der Waals surface area contributed by atoms with Crippen LogP contribution >= 0.6 is 0 Å². The third-order valence-electron chi connectivity index (χ3n) is 3.70. The number of carbonyl (C=O) groups is 2. The van der Waals surface area contributed by atoms with E-state index >= 15 is 0 Å². The first-order valence-electron chi connectivity index (χ1n) is 7.81. The SMILES string of the molecule is CCC(C)C([C]=O)NC(=O)C(C)NC(=O)C(N)CCCCN. The third-order valence-corrected chi connectivity index (χ3v) is 3.70. The van der Waals surface area contributed by atoms with E-state index in [1.54, 1.807) is 6.92 Å². The van der Waals surface area contributed by atoms with E-state index in [1.165, 1.54) is 0 Å². The van der Waals surface area contributed by atoms with Crippen molar-refractivity contribution in [2.24, 2.45) is 17.4 Å². The van der Waals surface area contributed by atoms with Crippen molar-refractivity contribution in [1.29, 1.82) is 0 Å². The van der Waals surface area contributed by atoms with E-state index in [1.807, 2.05) is 20.1 Å². The Morgan fingerprint density at radius 1 is 1.14 bits per heavy atom. The van der Waals surface area contributed by atoms with Crippen LogP contribution in [0.2, 0.25) is 0 Å². The van der Waals surface area contributed by atoms with Gasteiger partial charge in [-0.2, -0.15) is 0 Å². The number of rotatable bonds is 11. The Bertz CT molecular complexity index is 363. The summed E-state index contributed by atoms with van der Waals surface area (Å²) in [6, 6.07) is -2.09. The quantitative estimate of drug-likeness (QED) is 0.386. The van der Waals surface area contributed by atoms with Crippen molar-refractivity contribution in [3.8, 4) is 0 Å². The zero-order valence-electron chi connectivity index (χ0n) is 13.7. The molecule has 2 amide bonds. The van der Waals surface area contributed by atoms with Crippen LogP contribution in [0.3, 0.4) is 0 Å². The highest BCUT2D eigenvalue weighted by atomic mass is 16.2. The molecule has 0 aromatic heterocycles. The van der Waals surface area contributed by atoms with E-state index in [9.17, 15) is 14.4 Å². The highest BCUT2D eigenvalue weighted by Crippen LogP contribution is 2.06. The third kappa shape index (κ3) is 7.51. The molecule has 22 heavy (non-hydrogen) atoms. The molecule has 0 saturated carbocycles. The predicted octanol–water partition coefficient (Wildman–Crippen LogP) is -0.412. The Morgan fingerprint density at radius 2 is 1.77 bits per heavy atom. The average Bonchev–Trinajstić information content (AvgIpc) is 2.51. The molecule has 7 nitrogen and oxygen atoms in total. The van der Waals surface area contributed by atoms with Gasteiger partial charge in [-0.15, -0.1) is 0 Å². The molecule has 0 bridgehead atoms. The maximum atomic E-state index is 12.0. The molecule has 1 radical (unpaired) electrons. The minimum atomic E-state index is -0.757. The van der Waals surface area contributed by atoms with Gasteiger partial charge in [0, 0.05) is 0 Å². The Balaban J connectivity index is 4.33. The lowest BCUT2D eigenvalue weighted by molar-refractivity contribution is -0.129. The summed E-state index contributed by atoms with van der Waals surface area (Å²) in [7, 11) is 0. The highest BCUT2D eigenvalue weighted by molar-refractivity contribution is 5.90. The van der Waals surface area contributed by atoms with Gasteiger partial charge in [-0.25, -0.2) is 0 Å². The van der Waals surface area contributed by atoms with Gasteiger partial charge in [0.15, 0.2) is 0 Å². The number of carbonyl (C=O) groups excluding carboxylic acids is 3. The molecule has 0 aromatic rings. The van der Waals surface area contributed by atoms with Crippen molar-refractivity contribution in [3.63, 3.8) is 0 Å². The maximum absolute atomic E-state index is 12.0. The van der Waals surface area contributed by atoms with Gasteiger partial charge < -0.3 is 22.1 Å². The van der Waals surface area contributed by atoms with Crippen molar-refractivity contribution in [2.45, 2.75) is 64.6 Å². The van der Waals surface area contributed by atoms with Crippen LogP contribution in [0.15, 0.2) is 0 Å². The fourth-order valence-corrected chi connectivity index (χ4v) is 1.83. The Hall–Kier alpha value is -1.47. The van der Waals surface area contributed by atoms with Crippen molar-refractivity contribution >= 4 is 18.1 Å². The Kier molecular flexibility index (Phi) is 10.4. The van der Waals surface area contributed by atoms with Crippen molar-refractivity contribution in [2.75, 3.05) is 6.54 Å². The van der Waals surface area contributed by atoms with Crippen LogP contribution in [-0.4, -0.2) is 42.8 Å². The van der Waals surface area contributed by atoms with E-state index < -0.39 is 24.0 Å². The zero-order valence-corrected chi connectivity index (χ0v) is 13.7. The summed E-state index contributed by atoms with van der Waals surface area (Å²) >= 11 is 0. The molecule has 0 aromatic carbocycles. The molecule has 4 unspecified atom stereocenters.